The summed E-state index contributed by atoms with van der Waals surface area (Å²) in [5, 5.41) is 6.64. The molecule has 46 heavy (non-hydrogen) atoms. The maximum atomic E-state index is 13.1. The minimum absolute atomic E-state index is 0.0963. The Morgan fingerprint density at radius 2 is 1.50 bits per heavy atom. The van der Waals surface area contributed by atoms with Crippen LogP contribution in [0, 0.1) is 0 Å². The van der Waals surface area contributed by atoms with Gasteiger partial charge in [0.2, 0.25) is 0 Å². The van der Waals surface area contributed by atoms with E-state index in [0.717, 1.165) is 63.0 Å². The van der Waals surface area contributed by atoms with Gasteiger partial charge in [-0.1, -0.05) is 54.6 Å². The molecule has 5 aromatic rings. The van der Waals surface area contributed by atoms with Crippen LogP contribution in [0.2, 0.25) is 0 Å². The number of hydrogen-bond donors (Lipinski definition) is 2. The van der Waals surface area contributed by atoms with Crippen molar-refractivity contribution in [2.45, 2.75) is 57.0 Å². The van der Waals surface area contributed by atoms with Gasteiger partial charge in [0, 0.05) is 42.8 Å². The zero-order valence-electron chi connectivity index (χ0n) is 25.2. The molecule has 1 saturated heterocycles. The number of carbonyl (C=O) groups is 1. The molecule has 1 amide bonds. The van der Waals surface area contributed by atoms with Gasteiger partial charge in [-0.2, -0.15) is 13.2 Å². The Morgan fingerprint density at radius 3 is 2.17 bits per heavy atom. The summed E-state index contributed by atoms with van der Waals surface area (Å²) in [7, 11) is 0. The molecule has 7 rings (SSSR count). The van der Waals surface area contributed by atoms with Crippen molar-refractivity contribution < 1.29 is 18.0 Å². The summed E-state index contributed by atoms with van der Waals surface area (Å²) in [6, 6.07) is 23.3. The molecule has 0 unspecified atom stereocenters. The molecular formula is C35H34F3N7O. The Labute approximate surface area is 264 Å². The Balaban J connectivity index is 1.15. The highest BCUT2D eigenvalue weighted by Gasteiger charge is 2.30. The van der Waals surface area contributed by atoms with Gasteiger partial charge in [0.25, 0.3) is 5.91 Å². The number of piperidine rings is 1. The maximum absolute atomic E-state index is 13.1. The van der Waals surface area contributed by atoms with Crippen molar-refractivity contribution in [2.24, 2.45) is 0 Å². The number of imidazole rings is 1. The number of nitrogens with one attached hydrogen (secondary N) is 2. The van der Waals surface area contributed by atoms with Crippen molar-refractivity contribution in [3.8, 4) is 11.4 Å². The van der Waals surface area contributed by atoms with E-state index >= 15 is 0 Å². The highest BCUT2D eigenvalue weighted by molar-refractivity contribution is 5.95. The van der Waals surface area contributed by atoms with E-state index in [2.05, 4.69) is 44.8 Å². The van der Waals surface area contributed by atoms with E-state index in [1.807, 2.05) is 22.8 Å². The second kappa shape index (κ2) is 12.6. The number of carbonyl (C=O) groups excluding carboxylic acids is 1. The van der Waals surface area contributed by atoms with Gasteiger partial charge in [-0.15, -0.1) is 0 Å². The van der Waals surface area contributed by atoms with E-state index in [0.29, 0.717) is 40.5 Å². The van der Waals surface area contributed by atoms with Crippen LogP contribution in [0.3, 0.4) is 0 Å². The predicted octanol–water partition coefficient (Wildman–Crippen LogP) is 6.53. The standard InChI is InChI=1S/C35H34F3N7O/c36-35(37,38)27-12-6-24(7-13-27)21-45-22-39-30-32(40-29-16-18-44(19-17-29)20-23-4-2-1-3-5-23)42-31(43-33(30)45)25-8-10-26(11-9-25)34(46)41-28-14-15-28/h1-13,22,28-29H,14-21H2,(H,41,46)(H,40,42,43). The van der Waals surface area contributed by atoms with Gasteiger partial charge in [-0.25, -0.2) is 15.0 Å². The average Bonchev–Trinajstić information content (AvgIpc) is 3.79. The van der Waals surface area contributed by atoms with Gasteiger partial charge < -0.3 is 15.2 Å². The van der Waals surface area contributed by atoms with Gasteiger partial charge >= 0.3 is 6.18 Å². The molecule has 3 heterocycles. The molecule has 236 valence electrons. The van der Waals surface area contributed by atoms with Crippen LogP contribution in [-0.4, -0.2) is 55.5 Å². The van der Waals surface area contributed by atoms with E-state index in [1.165, 1.54) is 17.7 Å². The fourth-order valence-corrected chi connectivity index (χ4v) is 5.82. The van der Waals surface area contributed by atoms with E-state index in [9.17, 15) is 18.0 Å². The van der Waals surface area contributed by atoms with Crippen molar-refractivity contribution in [3.63, 3.8) is 0 Å². The lowest BCUT2D eigenvalue weighted by atomic mass is 10.0. The van der Waals surface area contributed by atoms with Crippen LogP contribution in [-0.2, 0) is 19.3 Å². The summed E-state index contributed by atoms with van der Waals surface area (Å²) < 4.78 is 41.2. The van der Waals surface area contributed by atoms with Gasteiger partial charge in [0.05, 0.1) is 18.4 Å². The number of rotatable bonds is 9. The topological polar surface area (TPSA) is 88.0 Å². The van der Waals surface area contributed by atoms with Crippen LogP contribution < -0.4 is 10.6 Å². The number of amides is 1. The molecule has 2 aliphatic rings. The number of aromatic nitrogens is 4. The Morgan fingerprint density at radius 1 is 0.804 bits per heavy atom. The number of likely N-dealkylation sites (tertiary alicyclic amines) is 1. The number of halogens is 3. The number of hydrogen-bond acceptors (Lipinski definition) is 6. The summed E-state index contributed by atoms with van der Waals surface area (Å²) in [6.45, 7) is 3.10. The molecule has 11 heteroatoms. The number of nitrogens with zero attached hydrogens (tertiary/aromatic N) is 5. The minimum Gasteiger partial charge on any atom is -0.365 e. The van der Waals surface area contributed by atoms with Gasteiger partial charge in [-0.3, -0.25) is 9.69 Å². The van der Waals surface area contributed by atoms with Crippen molar-refractivity contribution >= 4 is 22.9 Å². The zero-order valence-corrected chi connectivity index (χ0v) is 25.2. The van der Waals surface area contributed by atoms with Crippen molar-refractivity contribution in [3.05, 3.63) is 107 Å². The third-order valence-corrected chi connectivity index (χ3v) is 8.59. The van der Waals surface area contributed by atoms with Crippen LogP contribution in [0.25, 0.3) is 22.6 Å². The highest BCUT2D eigenvalue weighted by Crippen LogP contribution is 2.30. The number of fused-ring (bicyclic) bond motifs is 1. The second-order valence-corrected chi connectivity index (χ2v) is 12.1. The van der Waals surface area contributed by atoms with Crippen LogP contribution in [0.15, 0.2) is 85.2 Å². The molecule has 3 aromatic carbocycles. The summed E-state index contributed by atoms with van der Waals surface area (Å²) >= 11 is 0. The number of benzene rings is 3. The van der Waals surface area contributed by atoms with Crippen LogP contribution in [0.5, 0.6) is 0 Å². The van der Waals surface area contributed by atoms with E-state index in [-0.39, 0.29) is 18.0 Å². The molecule has 8 nitrogen and oxygen atoms in total. The SMILES string of the molecule is O=C(NC1CC1)c1ccc(-c2nc(NC3CCN(Cc4ccccc4)CC3)c3ncn(Cc4ccc(C(F)(F)F)cc4)c3n2)cc1. The quantitative estimate of drug-likeness (QED) is 0.194. The number of alkyl halides is 3. The first kappa shape index (κ1) is 29.9. The normalized spacial score (nSPS) is 16.1. The number of anilines is 1. The largest absolute Gasteiger partial charge is 0.416 e. The summed E-state index contributed by atoms with van der Waals surface area (Å²) in [6.07, 6.45) is 1.16. The van der Waals surface area contributed by atoms with Crippen molar-refractivity contribution in [1.82, 2.24) is 29.7 Å². The van der Waals surface area contributed by atoms with Gasteiger partial charge in [-0.05, 0) is 61.1 Å². The summed E-state index contributed by atoms with van der Waals surface area (Å²) in [4.78, 5) is 29.4. The van der Waals surface area contributed by atoms with Crippen molar-refractivity contribution in [2.75, 3.05) is 18.4 Å². The predicted molar refractivity (Wildman–Crippen MR) is 170 cm³/mol. The van der Waals surface area contributed by atoms with Gasteiger partial charge in [0.15, 0.2) is 17.3 Å². The Bertz CT molecular complexity index is 1810. The van der Waals surface area contributed by atoms with Crippen LogP contribution in [0.4, 0.5) is 19.0 Å². The molecule has 0 atom stereocenters. The third kappa shape index (κ3) is 6.89. The van der Waals surface area contributed by atoms with E-state index in [4.69, 9.17) is 9.97 Å². The molecule has 2 fully saturated rings. The first-order valence-electron chi connectivity index (χ1n) is 15.6. The minimum atomic E-state index is -4.39. The molecule has 2 aromatic heterocycles. The second-order valence-electron chi connectivity index (χ2n) is 12.1. The smallest absolute Gasteiger partial charge is 0.365 e. The molecular weight excluding hydrogens is 591 g/mol. The summed E-state index contributed by atoms with van der Waals surface area (Å²) in [5.74, 6) is 0.990. The lowest BCUT2D eigenvalue weighted by Gasteiger charge is -2.32. The first-order chi connectivity index (χ1) is 22.3. The third-order valence-electron chi connectivity index (χ3n) is 8.59. The van der Waals surface area contributed by atoms with Crippen LogP contribution in [0.1, 0.15) is 52.7 Å². The lowest BCUT2D eigenvalue weighted by Crippen LogP contribution is -2.38. The first-order valence-corrected chi connectivity index (χ1v) is 15.6. The lowest BCUT2D eigenvalue weighted by molar-refractivity contribution is -0.137. The Hall–Kier alpha value is -4.77. The van der Waals surface area contributed by atoms with Crippen LogP contribution >= 0.6 is 0 Å². The Kier molecular flexibility index (Phi) is 8.16. The molecule has 1 saturated carbocycles. The zero-order chi connectivity index (χ0) is 31.7. The maximum Gasteiger partial charge on any atom is 0.416 e. The molecule has 0 radical (unpaired) electrons. The molecule has 1 aliphatic heterocycles. The molecule has 0 bridgehead atoms. The van der Waals surface area contributed by atoms with E-state index in [1.54, 1.807) is 18.5 Å². The molecule has 0 spiro atoms. The van der Waals surface area contributed by atoms with E-state index < -0.39 is 11.7 Å². The average molecular weight is 626 g/mol. The highest BCUT2D eigenvalue weighted by atomic mass is 19.4. The fourth-order valence-electron chi connectivity index (χ4n) is 5.82. The molecule has 2 N–H and O–H groups in total. The van der Waals surface area contributed by atoms with Crippen molar-refractivity contribution in [1.29, 1.82) is 0 Å². The monoisotopic (exact) mass is 625 g/mol. The summed E-state index contributed by atoms with van der Waals surface area (Å²) in [5.41, 5.74) is 3.79. The van der Waals surface area contributed by atoms with Gasteiger partial charge in [0.1, 0.15) is 5.52 Å². The fraction of sp³-hybridized carbons (Fsp3) is 0.314. The molecule has 1 aliphatic carbocycles.